The van der Waals surface area contributed by atoms with Crippen molar-refractivity contribution in [1.82, 2.24) is 0 Å². The van der Waals surface area contributed by atoms with Crippen molar-refractivity contribution < 1.29 is 80.2 Å². The van der Waals surface area contributed by atoms with Gasteiger partial charge in [0, 0.05) is 25.7 Å². The van der Waals surface area contributed by atoms with Crippen molar-refractivity contribution >= 4 is 39.5 Å². The zero-order chi connectivity index (χ0) is 60.8. The van der Waals surface area contributed by atoms with Crippen molar-refractivity contribution in [2.75, 3.05) is 39.6 Å². The van der Waals surface area contributed by atoms with Crippen LogP contribution in [0.2, 0.25) is 0 Å². The van der Waals surface area contributed by atoms with Crippen LogP contribution in [-0.2, 0) is 65.4 Å². The first-order valence-electron chi connectivity index (χ1n) is 33.0. The first-order valence-corrected chi connectivity index (χ1v) is 36.0. The van der Waals surface area contributed by atoms with E-state index in [0.29, 0.717) is 37.5 Å². The fraction of sp³-hybridized carbons (Fsp3) is 0.937. The standard InChI is InChI=1S/C63H122O17P2/c1-7-9-11-13-14-15-16-17-18-19-20-21-22-23-24-27-35-41-47-62(67)79-59(52-74-61(66)46-40-34-28-25-26-32-37-43-55(3)4)54-78-82(71,72)76-50-57(64)49-75-81(69,70)77-53-58(51-73-60(65)45-39-31-12-10-8-2)80-63(68)48-42-36-30-29-33-38-44-56(5)6/h55-59,64H,7-54H2,1-6H3,(H,69,70)(H,71,72)/t57-,58+,59+/m0/s1. The van der Waals surface area contributed by atoms with E-state index in [1.165, 1.54) is 116 Å². The van der Waals surface area contributed by atoms with E-state index in [9.17, 15) is 43.2 Å². The number of esters is 4. The van der Waals surface area contributed by atoms with E-state index in [1.54, 1.807) is 0 Å². The van der Waals surface area contributed by atoms with Gasteiger partial charge in [-0.3, -0.25) is 37.3 Å². The molecule has 0 saturated heterocycles. The Bertz CT molecular complexity index is 1620. The number of unbranched alkanes of at least 4 members (excludes halogenated alkanes) is 32. The van der Waals surface area contributed by atoms with Gasteiger partial charge in [-0.25, -0.2) is 9.13 Å². The van der Waals surface area contributed by atoms with Gasteiger partial charge in [-0.2, -0.15) is 0 Å². The molecule has 19 heteroatoms. The van der Waals surface area contributed by atoms with E-state index >= 15 is 0 Å². The van der Waals surface area contributed by atoms with E-state index in [1.807, 2.05) is 0 Å². The monoisotopic (exact) mass is 1210 g/mol. The van der Waals surface area contributed by atoms with Gasteiger partial charge in [0.15, 0.2) is 12.2 Å². The molecule has 0 aromatic carbocycles. The average molecular weight is 1210 g/mol. The molecule has 0 heterocycles. The molecule has 0 spiro atoms. The third kappa shape index (κ3) is 57.2. The summed E-state index contributed by atoms with van der Waals surface area (Å²) in [5.41, 5.74) is 0. The quantitative estimate of drug-likeness (QED) is 0.0222. The second kappa shape index (κ2) is 55.6. The molecule has 0 radical (unpaired) electrons. The van der Waals surface area contributed by atoms with E-state index < -0.39 is 97.5 Å². The van der Waals surface area contributed by atoms with Gasteiger partial charge in [0.1, 0.15) is 19.3 Å². The van der Waals surface area contributed by atoms with Crippen LogP contribution in [0.25, 0.3) is 0 Å². The minimum absolute atomic E-state index is 0.101. The molecule has 0 rings (SSSR count). The Morgan fingerprint density at radius 1 is 0.329 bits per heavy atom. The van der Waals surface area contributed by atoms with Crippen LogP contribution in [0.1, 0.15) is 311 Å². The summed E-state index contributed by atoms with van der Waals surface area (Å²) in [5, 5.41) is 10.5. The maximum absolute atomic E-state index is 13.0. The van der Waals surface area contributed by atoms with Gasteiger partial charge in [-0.15, -0.1) is 0 Å². The lowest BCUT2D eigenvalue weighted by Crippen LogP contribution is -2.30. The fourth-order valence-electron chi connectivity index (χ4n) is 9.35. The summed E-state index contributed by atoms with van der Waals surface area (Å²) < 4.78 is 67.7. The molecule has 3 N–H and O–H groups in total. The lowest BCUT2D eigenvalue weighted by Gasteiger charge is -2.21. The highest BCUT2D eigenvalue weighted by Gasteiger charge is 2.30. The van der Waals surface area contributed by atoms with E-state index in [0.717, 1.165) is 103 Å². The van der Waals surface area contributed by atoms with Crippen molar-refractivity contribution in [3.63, 3.8) is 0 Å². The van der Waals surface area contributed by atoms with Gasteiger partial charge in [-0.1, -0.05) is 260 Å². The average Bonchev–Trinajstić information content (AvgIpc) is 3.45. The van der Waals surface area contributed by atoms with Crippen LogP contribution in [0, 0.1) is 11.8 Å². The molecule has 0 aliphatic carbocycles. The van der Waals surface area contributed by atoms with Crippen LogP contribution >= 0.6 is 15.6 Å². The molecule has 0 aliphatic rings. The molecule has 5 atom stereocenters. The molecule has 0 fully saturated rings. The van der Waals surface area contributed by atoms with Crippen LogP contribution in [-0.4, -0.2) is 96.7 Å². The summed E-state index contributed by atoms with van der Waals surface area (Å²) >= 11 is 0. The van der Waals surface area contributed by atoms with E-state index in [-0.39, 0.29) is 25.7 Å². The number of carbonyl (C=O) groups excluding carboxylic acids is 4. The van der Waals surface area contributed by atoms with E-state index in [4.69, 9.17) is 37.0 Å². The summed E-state index contributed by atoms with van der Waals surface area (Å²) in [6.45, 7) is 9.25. The van der Waals surface area contributed by atoms with Crippen LogP contribution < -0.4 is 0 Å². The Balaban J connectivity index is 5.12. The lowest BCUT2D eigenvalue weighted by molar-refractivity contribution is -0.161. The Hall–Kier alpha value is -1.94. The van der Waals surface area contributed by atoms with Crippen molar-refractivity contribution in [3.8, 4) is 0 Å². The number of carbonyl (C=O) groups is 4. The summed E-state index contributed by atoms with van der Waals surface area (Å²) in [6, 6.07) is 0. The highest BCUT2D eigenvalue weighted by atomic mass is 31.2. The van der Waals surface area contributed by atoms with E-state index in [2.05, 4.69) is 41.5 Å². The molecule has 486 valence electrons. The van der Waals surface area contributed by atoms with Crippen LogP contribution in [0.3, 0.4) is 0 Å². The second-order valence-corrected chi connectivity index (χ2v) is 26.7. The largest absolute Gasteiger partial charge is 0.472 e. The Morgan fingerprint density at radius 3 is 0.829 bits per heavy atom. The first kappa shape index (κ1) is 80.1. The lowest BCUT2D eigenvalue weighted by atomic mass is 10.0. The van der Waals surface area contributed by atoms with Crippen molar-refractivity contribution in [1.29, 1.82) is 0 Å². The number of aliphatic hydroxyl groups is 1. The number of hydrogen-bond donors (Lipinski definition) is 3. The summed E-state index contributed by atoms with van der Waals surface area (Å²) in [5.74, 6) is -0.777. The van der Waals surface area contributed by atoms with Crippen LogP contribution in [0.15, 0.2) is 0 Å². The minimum atomic E-state index is -4.94. The maximum Gasteiger partial charge on any atom is 0.472 e. The number of aliphatic hydroxyl groups excluding tert-OH is 1. The molecular formula is C63H122O17P2. The highest BCUT2D eigenvalue weighted by molar-refractivity contribution is 7.47. The van der Waals surface area contributed by atoms with Crippen molar-refractivity contribution in [2.45, 2.75) is 330 Å². The topological polar surface area (TPSA) is 237 Å². The molecular weight excluding hydrogens is 1090 g/mol. The smallest absolute Gasteiger partial charge is 0.462 e. The SMILES string of the molecule is CCCCCCCCCCCCCCCCCCCCC(=O)O[C@H](COC(=O)CCCCCCCCCC(C)C)COP(=O)(O)OC[C@@H](O)COP(=O)(O)OC[C@@H](COC(=O)CCCCCCC)OC(=O)CCCCCCCCC(C)C. The Morgan fingerprint density at radius 2 is 0.561 bits per heavy atom. The summed E-state index contributed by atoms with van der Waals surface area (Å²) in [6.07, 6.45) is 38.3. The molecule has 0 saturated carbocycles. The number of rotatable bonds is 62. The van der Waals surface area contributed by atoms with Crippen LogP contribution in [0.4, 0.5) is 0 Å². The van der Waals surface area contributed by atoms with Gasteiger partial charge in [0.05, 0.1) is 26.4 Å². The normalized spacial score (nSPS) is 14.3. The summed E-state index contributed by atoms with van der Waals surface area (Å²) in [4.78, 5) is 71.8. The van der Waals surface area contributed by atoms with Gasteiger partial charge in [-0.05, 0) is 37.5 Å². The molecule has 0 aromatic rings. The maximum atomic E-state index is 13.0. The number of hydrogen-bond acceptors (Lipinski definition) is 15. The molecule has 0 aliphatic heterocycles. The van der Waals surface area contributed by atoms with Crippen molar-refractivity contribution in [3.05, 3.63) is 0 Å². The van der Waals surface area contributed by atoms with Gasteiger partial charge < -0.3 is 33.8 Å². The minimum Gasteiger partial charge on any atom is -0.462 e. The first-order chi connectivity index (χ1) is 39.4. The molecule has 0 amide bonds. The Labute approximate surface area is 498 Å². The highest BCUT2D eigenvalue weighted by Crippen LogP contribution is 2.45. The number of phosphoric ester groups is 2. The fourth-order valence-corrected chi connectivity index (χ4v) is 10.9. The number of phosphoric acid groups is 2. The third-order valence-electron chi connectivity index (χ3n) is 14.5. The predicted molar refractivity (Wildman–Crippen MR) is 326 cm³/mol. The van der Waals surface area contributed by atoms with Gasteiger partial charge in [0.2, 0.25) is 0 Å². The predicted octanol–water partition coefficient (Wildman–Crippen LogP) is 17.3. The van der Waals surface area contributed by atoms with Crippen molar-refractivity contribution in [2.24, 2.45) is 11.8 Å². The molecule has 2 unspecified atom stereocenters. The zero-order valence-electron chi connectivity index (χ0n) is 52.8. The molecule has 17 nitrogen and oxygen atoms in total. The number of ether oxygens (including phenoxy) is 4. The molecule has 0 bridgehead atoms. The third-order valence-corrected chi connectivity index (χ3v) is 16.4. The van der Waals surface area contributed by atoms with Gasteiger partial charge >= 0.3 is 39.5 Å². The van der Waals surface area contributed by atoms with Crippen LogP contribution in [0.5, 0.6) is 0 Å². The zero-order valence-corrected chi connectivity index (χ0v) is 54.6. The summed E-state index contributed by atoms with van der Waals surface area (Å²) in [7, 11) is -9.87. The Kier molecular flexibility index (Phi) is 54.3. The molecule has 82 heavy (non-hydrogen) atoms. The second-order valence-electron chi connectivity index (χ2n) is 23.7. The van der Waals surface area contributed by atoms with Gasteiger partial charge in [0.25, 0.3) is 0 Å². The molecule has 0 aromatic heterocycles.